The number of hydrogen-bond acceptors (Lipinski definition) is 7. The number of carbonyl (C=O) groups is 1. The number of rotatable bonds is 8. The summed E-state index contributed by atoms with van der Waals surface area (Å²) in [6.45, 7) is 0. The van der Waals surface area contributed by atoms with Crippen LogP contribution in [0.25, 0.3) is 21.5 Å². The first-order chi connectivity index (χ1) is 17.2. The maximum absolute atomic E-state index is 12.4. The van der Waals surface area contributed by atoms with Gasteiger partial charge in [-0.25, -0.2) is 5.43 Å². The molecule has 0 atom stereocenters. The first kappa shape index (κ1) is 23.8. The van der Waals surface area contributed by atoms with E-state index >= 15 is 0 Å². The van der Waals surface area contributed by atoms with Crippen LogP contribution >= 0.6 is 46.5 Å². The predicted octanol–water partition coefficient (Wildman–Crippen LogP) is 7.03. The minimum atomic E-state index is -0.198. The lowest BCUT2D eigenvalue weighted by molar-refractivity contribution is -0.118. The Hall–Kier alpha value is -2.91. The quantitative estimate of drug-likeness (QED) is 0.100. The van der Waals surface area contributed by atoms with Gasteiger partial charge < -0.3 is 0 Å². The molecule has 0 saturated heterocycles. The van der Waals surface area contributed by atoms with E-state index in [9.17, 15) is 4.79 Å². The molecule has 0 saturated carbocycles. The van der Waals surface area contributed by atoms with Gasteiger partial charge in [-0.3, -0.25) is 4.79 Å². The van der Waals surface area contributed by atoms with Crippen molar-refractivity contribution in [3.63, 3.8) is 0 Å². The van der Waals surface area contributed by atoms with Crippen molar-refractivity contribution in [1.82, 2.24) is 15.6 Å². The normalized spacial score (nSPS) is 11.5. The molecule has 0 fully saturated rings. The molecule has 1 N–H and O–H groups in total. The van der Waals surface area contributed by atoms with Gasteiger partial charge in [0.2, 0.25) is 0 Å². The van der Waals surface area contributed by atoms with Crippen LogP contribution in [0.3, 0.4) is 0 Å². The fourth-order valence-electron chi connectivity index (χ4n) is 3.59. The number of nitrogens with one attached hydrogen (secondary N) is 1. The largest absolute Gasteiger partial charge is 0.272 e. The van der Waals surface area contributed by atoms with Crippen molar-refractivity contribution < 1.29 is 4.79 Å². The molecule has 0 aliphatic rings. The highest BCUT2D eigenvalue weighted by molar-refractivity contribution is 8.03. The first-order valence-electron chi connectivity index (χ1n) is 10.7. The summed E-state index contributed by atoms with van der Waals surface area (Å²) in [7, 11) is 0. The van der Waals surface area contributed by atoms with Crippen LogP contribution in [0.5, 0.6) is 0 Å². The molecule has 0 aliphatic carbocycles. The molecule has 4 aromatic carbocycles. The van der Waals surface area contributed by atoms with Crippen molar-refractivity contribution in [1.29, 1.82) is 0 Å². The fourth-order valence-corrected chi connectivity index (χ4v) is 6.68. The van der Waals surface area contributed by atoms with E-state index in [1.807, 2.05) is 48.5 Å². The lowest BCUT2D eigenvalue weighted by atomic mass is 9.97. The Morgan fingerprint density at radius 2 is 1.54 bits per heavy atom. The molecule has 0 aliphatic heterocycles. The topological polar surface area (TPSA) is 67.2 Å². The zero-order valence-electron chi connectivity index (χ0n) is 18.3. The summed E-state index contributed by atoms with van der Waals surface area (Å²) in [4.78, 5) is 12.4. The molecule has 0 unspecified atom stereocenters. The van der Waals surface area contributed by atoms with Gasteiger partial charge in [0.1, 0.15) is 0 Å². The maximum atomic E-state index is 12.4. The Morgan fingerprint density at radius 1 is 0.914 bits per heavy atom. The number of aromatic nitrogens is 2. The lowest BCUT2D eigenvalue weighted by Crippen LogP contribution is -2.19. The Bertz CT molecular complexity index is 1480. The number of benzene rings is 4. The molecule has 9 heteroatoms. The van der Waals surface area contributed by atoms with E-state index in [2.05, 4.69) is 51.1 Å². The van der Waals surface area contributed by atoms with E-state index in [1.54, 1.807) is 18.0 Å². The molecule has 1 heterocycles. The van der Waals surface area contributed by atoms with Gasteiger partial charge in [0.15, 0.2) is 8.68 Å². The standard InChI is InChI=1S/C26H19ClN4OS3/c27-23-12-6-3-9-19(23)15-33-25-30-31-26(35-25)34-16-24(32)29-28-14-22-20-10-4-1-7-17(20)13-18-8-2-5-11-21(18)22/h1-14H,15-16H2,(H,29,32)/b28-14-. The molecule has 0 spiro atoms. The van der Waals surface area contributed by atoms with E-state index in [-0.39, 0.29) is 11.7 Å². The van der Waals surface area contributed by atoms with Crippen LogP contribution < -0.4 is 5.43 Å². The number of fused-ring (bicyclic) bond motifs is 2. The number of halogens is 1. The van der Waals surface area contributed by atoms with Gasteiger partial charge >= 0.3 is 0 Å². The second-order valence-corrected chi connectivity index (χ2v) is 11.4. The lowest BCUT2D eigenvalue weighted by Gasteiger charge is -2.07. The van der Waals surface area contributed by atoms with Crippen LogP contribution in [0.2, 0.25) is 5.02 Å². The summed E-state index contributed by atoms with van der Waals surface area (Å²) in [5, 5.41) is 17.8. The van der Waals surface area contributed by atoms with Gasteiger partial charge in [-0.05, 0) is 39.2 Å². The number of hydrogen-bond donors (Lipinski definition) is 1. The SMILES string of the molecule is O=C(CSc1nnc(SCc2ccccc2Cl)s1)N/N=C\c1c2ccccc2cc2ccccc12. The number of nitrogens with zero attached hydrogens (tertiary/aromatic N) is 3. The van der Waals surface area contributed by atoms with Crippen LogP contribution in [0.15, 0.2) is 92.6 Å². The number of thioether (sulfide) groups is 2. The highest BCUT2D eigenvalue weighted by atomic mass is 35.5. The van der Waals surface area contributed by atoms with Gasteiger partial charge in [-0.1, -0.05) is 113 Å². The predicted molar refractivity (Wildman–Crippen MR) is 149 cm³/mol. The Labute approximate surface area is 220 Å². The molecule has 1 aromatic heterocycles. The third-order valence-electron chi connectivity index (χ3n) is 5.22. The molecule has 0 radical (unpaired) electrons. The average Bonchev–Trinajstić information content (AvgIpc) is 3.34. The molecule has 5 aromatic rings. The summed E-state index contributed by atoms with van der Waals surface area (Å²) >= 11 is 10.6. The van der Waals surface area contributed by atoms with Gasteiger partial charge in [0.05, 0.1) is 12.0 Å². The molecular weight excluding hydrogens is 516 g/mol. The third-order valence-corrected chi connectivity index (χ3v) is 8.83. The summed E-state index contributed by atoms with van der Waals surface area (Å²) in [5.74, 6) is 0.727. The zero-order valence-corrected chi connectivity index (χ0v) is 21.6. The highest BCUT2D eigenvalue weighted by Gasteiger charge is 2.10. The van der Waals surface area contributed by atoms with E-state index in [0.717, 1.165) is 52.1 Å². The second kappa shape index (κ2) is 11.2. The number of hydrazone groups is 1. The molecule has 5 nitrogen and oxygen atoms in total. The summed E-state index contributed by atoms with van der Waals surface area (Å²) in [6.07, 6.45) is 1.72. The van der Waals surface area contributed by atoms with E-state index in [0.29, 0.717) is 0 Å². The van der Waals surface area contributed by atoms with Crippen molar-refractivity contribution >= 4 is 80.1 Å². The smallest absolute Gasteiger partial charge is 0.250 e. The van der Waals surface area contributed by atoms with Crippen LogP contribution in [-0.4, -0.2) is 28.1 Å². The molecule has 35 heavy (non-hydrogen) atoms. The number of amides is 1. The summed E-state index contributed by atoms with van der Waals surface area (Å²) in [5.41, 5.74) is 4.67. The molecule has 1 amide bonds. The number of carbonyl (C=O) groups excluding carboxylic acids is 1. The summed E-state index contributed by atoms with van der Waals surface area (Å²) < 4.78 is 1.58. The highest BCUT2D eigenvalue weighted by Crippen LogP contribution is 2.32. The zero-order chi connectivity index (χ0) is 24.0. The molecule has 0 bridgehead atoms. The molecule has 174 valence electrons. The minimum Gasteiger partial charge on any atom is -0.272 e. The summed E-state index contributed by atoms with van der Waals surface area (Å²) in [6, 6.07) is 26.3. The van der Waals surface area contributed by atoms with E-state index < -0.39 is 0 Å². The van der Waals surface area contributed by atoms with Gasteiger partial charge in [-0.15, -0.1) is 10.2 Å². The van der Waals surface area contributed by atoms with Crippen LogP contribution in [0.1, 0.15) is 11.1 Å². The fraction of sp³-hybridized carbons (Fsp3) is 0.0769. The molecule has 5 rings (SSSR count). The van der Waals surface area contributed by atoms with E-state index in [1.165, 1.54) is 23.1 Å². The third kappa shape index (κ3) is 5.85. The van der Waals surface area contributed by atoms with Crippen molar-refractivity contribution in [2.45, 2.75) is 14.4 Å². The minimum absolute atomic E-state index is 0.198. The first-order valence-corrected chi connectivity index (χ1v) is 13.9. The average molecular weight is 535 g/mol. The van der Waals surface area contributed by atoms with Gasteiger partial charge in [0, 0.05) is 16.3 Å². The van der Waals surface area contributed by atoms with Crippen LogP contribution in [0.4, 0.5) is 0 Å². The molecular formula is C26H19ClN4OS3. The Balaban J connectivity index is 1.19. The van der Waals surface area contributed by atoms with Crippen molar-refractivity contribution in [2.24, 2.45) is 5.10 Å². The van der Waals surface area contributed by atoms with Crippen molar-refractivity contribution in [3.05, 3.63) is 95.0 Å². The van der Waals surface area contributed by atoms with Crippen molar-refractivity contribution in [3.8, 4) is 0 Å². The van der Waals surface area contributed by atoms with Gasteiger partial charge in [-0.2, -0.15) is 5.10 Å². The van der Waals surface area contributed by atoms with Crippen LogP contribution in [0, 0.1) is 0 Å². The second-order valence-electron chi connectivity index (χ2n) is 7.53. The Morgan fingerprint density at radius 3 is 2.26 bits per heavy atom. The van der Waals surface area contributed by atoms with Crippen molar-refractivity contribution in [2.75, 3.05) is 5.75 Å². The monoisotopic (exact) mass is 534 g/mol. The Kier molecular flexibility index (Phi) is 7.63. The maximum Gasteiger partial charge on any atom is 0.250 e. The van der Waals surface area contributed by atoms with Gasteiger partial charge in [0.25, 0.3) is 5.91 Å². The van der Waals surface area contributed by atoms with E-state index in [4.69, 9.17) is 11.6 Å². The van der Waals surface area contributed by atoms with Crippen LogP contribution in [-0.2, 0) is 10.5 Å².